The lowest BCUT2D eigenvalue weighted by Gasteiger charge is -2.28. The van der Waals surface area contributed by atoms with Crippen LogP contribution in [0.15, 0.2) is 42.5 Å². The highest BCUT2D eigenvalue weighted by molar-refractivity contribution is 5.85. The average Bonchev–Trinajstić information content (AvgIpc) is 2.81. The van der Waals surface area contributed by atoms with Gasteiger partial charge in [-0.3, -0.25) is 0 Å². The second-order valence-corrected chi connectivity index (χ2v) is 8.81. The molecule has 0 heterocycles. The lowest BCUT2D eigenvalue weighted by atomic mass is 9.77. The number of hydrogen-bond acceptors (Lipinski definition) is 1. The molecule has 1 aliphatic carbocycles. The average molecular weight is 472 g/mol. The van der Waals surface area contributed by atoms with E-state index >= 15 is 4.39 Å². The molecule has 34 heavy (non-hydrogen) atoms. The van der Waals surface area contributed by atoms with Gasteiger partial charge >= 0.3 is 6.61 Å². The number of fused-ring (bicyclic) bond motifs is 1. The molecule has 3 aromatic rings. The van der Waals surface area contributed by atoms with Crippen LogP contribution in [0.1, 0.15) is 68.1 Å². The Labute approximate surface area is 195 Å². The van der Waals surface area contributed by atoms with Crippen LogP contribution in [0.5, 0.6) is 5.75 Å². The summed E-state index contributed by atoms with van der Waals surface area (Å²) in [6.45, 7) is -1.13. The first-order valence-electron chi connectivity index (χ1n) is 11.5. The molecule has 0 radical (unpaired) electrons. The number of halogens is 5. The summed E-state index contributed by atoms with van der Waals surface area (Å²) in [6, 6.07) is 10.6. The summed E-state index contributed by atoms with van der Waals surface area (Å²) >= 11 is 0. The molecule has 0 amide bonds. The fraction of sp³-hybridized carbons (Fsp3) is 0.357. The Morgan fingerprint density at radius 1 is 0.912 bits per heavy atom. The van der Waals surface area contributed by atoms with Gasteiger partial charge in [0.1, 0.15) is 5.82 Å². The van der Waals surface area contributed by atoms with Crippen molar-refractivity contribution < 1.29 is 26.7 Å². The number of benzene rings is 3. The van der Waals surface area contributed by atoms with Crippen LogP contribution in [0.3, 0.4) is 0 Å². The zero-order valence-electron chi connectivity index (χ0n) is 18.8. The minimum atomic E-state index is -3.36. The van der Waals surface area contributed by atoms with Gasteiger partial charge in [-0.2, -0.15) is 8.78 Å². The van der Waals surface area contributed by atoms with Gasteiger partial charge in [-0.05, 0) is 66.7 Å². The van der Waals surface area contributed by atoms with Crippen molar-refractivity contribution in [2.75, 3.05) is 0 Å². The van der Waals surface area contributed by atoms with E-state index in [1.165, 1.54) is 37.3 Å². The molecule has 6 heteroatoms. The monoisotopic (exact) mass is 472 g/mol. The van der Waals surface area contributed by atoms with Gasteiger partial charge in [0.2, 0.25) is 0 Å². The standard InChI is InChI=1S/C28H25F5O/c1-2-3-17-4-7-19(8-5-17)21-12-13-23-22(16-21)11-10-20(26(23)31)9-6-18-14-24(29)27(25(30)15-18)34-28(32)33/h10-17,19,28H,2-5,7-8H2,1H3. The van der Waals surface area contributed by atoms with Gasteiger partial charge in [-0.1, -0.05) is 55.9 Å². The van der Waals surface area contributed by atoms with Crippen molar-refractivity contribution in [2.24, 2.45) is 5.92 Å². The molecule has 1 fully saturated rings. The Kier molecular flexibility index (Phi) is 7.41. The normalized spacial score (nSPS) is 18.1. The Hall–Kier alpha value is -3.07. The molecular formula is C28H25F5O. The molecule has 0 unspecified atom stereocenters. The van der Waals surface area contributed by atoms with Gasteiger partial charge in [0.15, 0.2) is 17.4 Å². The van der Waals surface area contributed by atoms with E-state index in [1.807, 2.05) is 12.1 Å². The first-order chi connectivity index (χ1) is 16.4. The lowest BCUT2D eigenvalue weighted by Crippen LogP contribution is -2.13. The van der Waals surface area contributed by atoms with Crippen LogP contribution in [-0.2, 0) is 0 Å². The van der Waals surface area contributed by atoms with Gasteiger partial charge in [-0.25, -0.2) is 13.2 Å². The van der Waals surface area contributed by atoms with Crippen molar-refractivity contribution >= 4 is 10.8 Å². The van der Waals surface area contributed by atoms with Crippen molar-refractivity contribution in [3.05, 3.63) is 76.6 Å². The van der Waals surface area contributed by atoms with Crippen molar-refractivity contribution in [1.82, 2.24) is 0 Å². The number of alkyl halides is 2. The third kappa shape index (κ3) is 5.35. The highest BCUT2D eigenvalue weighted by Crippen LogP contribution is 2.38. The largest absolute Gasteiger partial charge is 0.429 e. The zero-order valence-corrected chi connectivity index (χ0v) is 18.8. The molecule has 1 saturated carbocycles. The predicted molar refractivity (Wildman–Crippen MR) is 122 cm³/mol. The van der Waals surface area contributed by atoms with Crippen molar-refractivity contribution in [2.45, 2.75) is 58.0 Å². The highest BCUT2D eigenvalue weighted by Gasteiger charge is 2.22. The van der Waals surface area contributed by atoms with Crippen LogP contribution in [0, 0.1) is 35.2 Å². The first kappa shape index (κ1) is 24.1. The highest BCUT2D eigenvalue weighted by atomic mass is 19.3. The summed E-state index contributed by atoms with van der Waals surface area (Å²) in [4.78, 5) is 0. The molecule has 0 saturated heterocycles. The first-order valence-corrected chi connectivity index (χ1v) is 11.5. The van der Waals surface area contributed by atoms with Gasteiger partial charge in [0, 0.05) is 10.9 Å². The summed E-state index contributed by atoms with van der Waals surface area (Å²) in [7, 11) is 0. The summed E-state index contributed by atoms with van der Waals surface area (Å²) < 4.78 is 71.3. The lowest BCUT2D eigenvalue weighted by molar-refractivity contribution is -0.0546. The molecule has 4 rings (SSSR count). The SMILES string of the molecule is CCCC1CCC(c2ccc3c(F)c(C#Cc4cc(F)c(OC(F)F)c(F)c4)ccc3c2)CC1. The molecule has 1 aliphatic rings. The van der Waals surface area contributed by atoms with E-state index in [1.54, 1.807) is 12.1 Å². The smallest absolute Gasteiger partial charge is 0.387 e. The third-order valence-electron chi connectivity index (χ3n) is 6.54. The van der Waals surface area contributed by atoms with E-state index < -0.39 is 29.8 Å². The second kappa shape index (κ2) is 10.5. The van der Waals surface area contributed by atoms with Crippen LogP contribution in [0.4, 0.5) is 22.0 Å². The number of hydrogen-bond donors (Lipinski definition) is 0. The quantitative estimate of drug-likeness (QED) is 0.268. The Balaban J connectivity index is 1.55. The Morgan fingerprint density at radius 3 is 2.26 bits per heavy atom. The van der Waals surface area contributed by atoms with Crippen LogP contribution in [0.25, 0.3) is 10.8 Å². The van der Waals surface area contributed by atoms with Crippen LogP contribution < -0.4 is 4.74 Å². The van der Waals surface area contributed by atoms with Crippen molar-refractivity contribution in [3.8, 4) is 17.6 Å². The fourth-order valence-electron chi connectivity index (χ4n) is 4.83. The minimum Gasteiger partial charge on any atom is -0.429 e. The third-order valence-corrected chi connectivity index (χ3v) is 6.54. The maximum Gasteiger partial charge on any atom is 0.387 e. The fourth-order valence-corrected chi connectivity index (χ4v) is 4.83. The van der Waals surface area contributed by atoms with E-state index in [-0.39, 0.29) is 11.1 Å². The van der Waals surface area contributed by atoms with E-state index in [2.05, 4.69) is 23.5 Å². The molecule has 0 aromatic heterocycles. The zero-order chi connectivity index (χ0) is 24.2. The van der Waals surface area contributed by atoms with Gasteiger partial charge in [0.05, 0.1) is 5.56 Å². The number of rotatable bonds is 5. The van der Waals surface area contributed by atoms with Crippen molar-refractivity contribution in [1.29, 1.82) is 0 Å². The van der Waals surface area contributed by atoms with Gasteiger partial charge in [-0.15, -0.1) is 0 Å². The molecule has 0 atom stereocenters. The molecule has 0 bridgehead atoms. The van der Waals surface area contributed by atoms with E-state index in [0.717, 1.165) is 36.3 Å². The minimum absolute atomic E-state index is 0.0778. The van der Waals surface area contributed by atoms with Crippen LogP contribution >= 0.6 is 0 Å². The maximum absolute atomic E-state index is 15.1. The predicted octanol–water partition coefficient (Wildman–Crippen LogP) is 8.33. The van der Waals surface area contributed by atoms with Crippen molar-refractivity contribution in [3.63, 3.8) is 0 Å². The Morgan fingerprint density at radius 2 is 1.62 bits per heavy atom. The molecule has 1 nitrogen and oxygen atoms in total. The van der Waals surface area contributed by atoms with Gasteiger partial charge < -0.3 is 4.74 Å². The summed E-state index contributed by atoms with van der Waals surface area (Å²) in [5.41, 5.74) is 1.18. The molecule has 0 aliphatic heterocycles. The summed E-state index contributed by atoms with van der Waals surface area (Å²) in [5.74, 6) is 2.08. The van der Waals surface area contributed by atoms with E-state index in [9.17, 15) is 17.6 Å². The Bertz CT molecular complexity index is 1210. The second-order valence-electron chi connectivity index (χ2n) is 8.81. The van der Waals surface area contributed by atoms with Gasteiger partial charge in [0.25, 0.3) is 0 Å². The van der Waals surface area contributed by atoms with E-state index in [4.69, 9.17) is 0 Å². The maximum atomic E-state index is 15.1. The van der Waals surface area contributed by atoms with Crippen LogP contribution in [-0.4, -0.2) is 6.61 Å². The summed E-state index contributed by atoms with van der Waals surface area (Å²) in [6.07, 6.45) is 7.27. The topological polar surface area (TPSA) is 9.23 Å². The molecular weight excluding hydrogens is 447 g/mol. The van der Waals surface area contributed by atoms with E-state index in [0.29, 0.717) is 11.3 Å². The summed E-state index contributed by atoms with van der Waals surface area (Å²) in [5, 5.41) is 1.20. The molecule has 178 valence electrons. The molecule has 0 N–H and O–H groups in total. The molecule has 3 aromatic carbocycles. The molecule has 0 spiro atoms. The van der Waals surface area contributed by atoms with Crippen LogP contribution in [0.2, 0.25) is 0 Å². The number of ether oxygens (including phenoxy) is 1.